The second-order valence-electron chi connectivity index (χ2n) is 6.52. The Bertz CT molecular complexity index is 1190. The molecule has 0 aliphatic heterocycles. The molecule has 0 unspecified atom stereocenters. The van der Waals surface area contributed by atoms with Crippen LogP contribution in [-0.4, -0.2) is 25.2 Å². The summed E-state index contributed by atoms with van der Waals surface area (Å²) < 4.78 is 29.5. The van der Waals surface area contributed by atoms with Gasteiger partial charge in [-0.25, -0.2) is 8.42 Å². The summed E-state index contributed by atoms with van der Waals surface area (Å²) in [5.74, 6) is -0.466. The summed E-state index contributed by atoms with van der Waals surface area (Å²) >= 11 is 17.7. The molecule has 0 spiro atoms. The number of carbonyl (C=O) groups excluding carboxylic acids is 1. The lowest BCUT2D eigenvalue weighted by Gasteiger charge is -2.22. The minimum atomic E-state index is -3.98. The minimum absolute atomic E-state index is 0.0721. The van der Waals surface area contributed by atoms with Crippen molar-refractivity contribution in [3.63, 3.8) is 0 Å². The van der Waals surface area contributed by atoms with Crippen molar-refractivity contribution >= 4 is 83.3 Å². The highest BCUT2D eigenvalue weighted by molar-refractivity contribution is 14.1. The van der Waals surface area contributed by atoms with E-state index in [-0.39, 0.29) is 18.0 Å². The molecular weight excluding hydrogens is 638 g/mol. The third-order valence-corrected chi connectivity index (χ3v) is 7.90. The van der Waals surface area contributed by atoms with Crippen LogP contribution in [0.3, 0.4) is 0 Å². The van der Waals surface area contributed by atoms with E-state index in [1.54, 1.807) is 36.4 Å². The molecule has 0 bridgehead atoms. The molecule has 0 aromatic heterocycles. The fourth-order valence-electron chi connectivity index (χ4n) is 2.72. The van der Waals surface area contributed by atoms with Gasteiger partial charge in [-0.3, -0.25) is 4.79 Å². The van der Waals surface area contributed by atoms with Crippen molar-refractivity contribution in [1.29, 1.82) is 0 Å². The maximum atomic E-state index is 13.3. The molecule has 5 nitrogen and oxygen atoms in total. The number of hydrogen-bond acceptors (Lipinski definition) is 3. The van der Waals surface area contributed by atoms with E-state index in [0.29, 0.717) is 21.3 Å². The molecule has 3 rings (SSSR count). The van der Waals surface area contributed by atoms with Gasteiger partial charge >= 0.3 is 0 Å². The maximum absolute atomic E-state index is 13.3. The number of halogens is 4. The normalized spacial score (nSPS) is 11.5. The fourth-order valence-corrected chi connectivity index (χ4v) is 5.18. The lowest BCUT2D eigenvalue weighted by atomic mass is 10.2. The Hall–Kier alpha value is -1.17. The maximum Gasteiger partial charge on any atom is 0.243 e. The van der Waals surface area contributed by atoms with E-state index >= 15 is 0 Å². The molecular formula is C21H16BrCl2IN2O3S. The molecule has 0 heterocycles. The van der Waals surface area contributed by atoms with E-state index in [0.717, 1.165) is 12.3 Å². The highest BCUT2D eigenvalue weighted by Crippen LogP contribution is 2.26. The fraction of sp³-hybridized carbons (Fsp3) is 0.0952. The van der Waals surface area contributed by atoms with E-state index in [4.69, 9.17) is 23.2 Å². The Morgan fingerprint density at radius 1 is 1.00 bits per heavy atom. The second kappa shape index (κ2) is 10.6. The summed E-state index contributed by atoms with van der Waals surface area (Å²) in [5.41, 5.74) is 1.12. The quantitative estimate of drug-likeness (QED) is 0.310. The van der Waals surface area contributed by atoms with Gasteiger partial charge in [0.05, 0.1) is 11.4 Å². The third kappa shape index (κ3) is 6.66. The van der Waals surface area contributed by atoms with Crippen molar-refractivity contribution in [2.45, 2.75) is 11.4 Å². The van der Waals surface area contributed by atoms with Crippen LogP contribution in [0.1, 0.15) is 5.56 Å². The number of nitrogens with zero attached hydrogens (tertiary/aromatic N) is 1. The van der Waals surface area contributed by atoms with Crippen molar-refractivity contribution in [3.05, 3.63) is 90.4 Å². The molecule has 3 aromatic rings. The lowest BCUT2D eigenvalue weighted by Crippen LogP contribution is -2.37. The molecule has 1 N–H and O–H groups in total. The number of anilines is 1. The van der Waals surface area contributed by atoms with Crippen LogP contribution >= 0.6 is 61.7 Å². The van der Waals surface area contributed by atoms with Gasteiger partial charge < -0.3 is 5.32 Å². The third-order valence-electron chi connectivity index (χ3n) is 4.26. The van der Waals surface area contributed by atoms with E-state index in [1.807, 2.05) is 12.1 Å². The second-order valence-corrected chi connectivity index (χ2v) is 11.5. The van der Waals surface area contributed by atoms with Gasteiger partial charge in [-0.05, 0) is 88.8 Å². The van der Waals surface area contributed by atoms with E-state index in [9.17, 15) is 13.2 Å². The van der Waals surface area contributed by atoms with Crippen LogP contribution in [0.2, 0.25) is 10.0 Å². The highest BCUT2D eigenvalue weighted by Gasteiger charge is 2.27. The summed E-state index contributed by atoms with van der Waals surface area (Å²) in [5, 5.41) is 3.49. The number of carbonyl (C=O) groups is 1. The first kappa shape index (κ1) is 24.5. The number of rotatable bonds is 7. The molecule has 0 fully saturated rings. The summed E-state index contributed by atoms with van der Waals surface area (Å²) in [6, 6.07) is 18.2. The van der Waals surface area contributed by atoms with Crippen molar-refractivity contribution in [3.8, 4) is 0 Å². The van der Waals surface area contributed by atoms with E-state index < -0.39 is 15.9 Å². The Balaban J connectivity index is 1.90. The monoisotopic (exact) mass is 652 g/mol. The molecule has 3 aromatic carbocycles. The van der Waals surface area contributed by atoms with Gasteiger partial charge in [-0.15, -0.1) is 0 Å². The van der Waals surface area contributed by atoms with Crippen molar-refractivity contribution in [2.75, 3.05) is 11.9 Å². The van der Waals surface area contributed by atoms with Crippen LogP contribution in [0, 0.1) is 3.57 Å². The molecule has 31 heavy (non-hydrogen) atoms. The first-order valence-corrected chi connectivity index (χ1v) is 13.0. The molecule has 0 aliphatic carbocycles. The average molecular weight is 654 g/mol. The predicted octanol–water partition coefficient (Wildman–Crippen LogP) is 6.19. The zero-order valence-electron chi connectivity index (χ0n) is 15.9. The molecule has 0 saturated heterocycles. The van der Waals surface area contributed by atoms with Crippen molar-refractivity contribution < 1.29 is 13.2 Å². The molecule has 0 radical (unpaired) electrons. The summed E-state index contributed by atoms with van der Waals surface area (Å²) in [7, 11) is -3.98. The Morgan fingerprint density at radius 3 is 2.26 bits per heavy atom. The van der Waals surface area contributed by atoms with Gasteiger partial charge in [0.1, 0.15) is 0 Å². The summed E-state index contributed by atoms with van der Waals surface area (Å²) in [4.78, 5) is 12.8. The Morgan fingerprint density at radius 2 is 1.65 bits per heavy atom. The van der Waals surface area contributed by atoms with Crippen LogP contribution in [0.15, 0.2) is 76.1 Å². The highest BCUT2D eigenvalue weighted by atomic mass is 127. The van der Waals surface area contributed by atoms with Crippen LogP contribution in [0.25, 0.3) is 0 Å². The Kier molecular flexibility index (Phi) is 8.39. The first-order valence-electron chi connectivity index (χ1n) is 8.90. The SMILES string of the molecule is O=C(CN(Cc1ccc(Cl)cc1Cl)S(=O)(=O)c1ccc(Br)cc1)Nc1ccc(I)cc1. The largest absolute Gasteiger partial charge is 0.325 e. The van der Waals surface area contributed by atoms with E-state index in [2.05, 4.69) is 43.8 Å². The number of sulfonamides is 1. The molecule has 0 aliphatic rings. The van der Waals surface area contributed by atoms with Crippen molar-refractivity contribution in [1.82, 2.24) is 4.31 Å². The molecule has 10 heteroatoms. The first-order chi connectivity index (χ1) is 14.6. The van der Waals surface area contributed by atoms with Gasteiger partial charge in [0.2, 0.25) is 15.9 Å². The predicted molar refractivity (Wildman–Crippen MR) is 136 cm³/mol. The number of benzene rings is 3. The van der Waals surface area contributed by atoms with Gasteiger partial charge in [0.15, 0.2) is 0 Å². The van der Waals surface area contributed by atoms with Crippen molar-refractivity contribution in [2.24, 2.45) is 0 Å². The zero-order chi connectivity index (χ0) is 22.6. The number of nitrogens with one attached hydrogen (secondary N) is 1. The van der Waals surface area contributed by atoms with Gasteiger partial charge in [-0.1, -0.05) is 45.2 Å². The van der Waals surface area contributed by atoms with Gasteiger partial charge in [-0.2, -0.15) is 4.31 Å². The number of amides is 1. The van der Waals surface area contributed by atoms with Gasteiger partial charge in [0, 0.05) is 30.3 Å². The minimum Gasteiger partial charge on any atom is -0.325 e. The van der Waals surface area contributed by atoms with Crippen LogP contribution in [-0.2, 0) is 21.4 Å². The number of hydrogen-bond donors (Lipinski definition) is 1. The standard InChI is InChI=1S/C21H16BrCl2IN2O3S/c22-15-2-9-19(10-3-15)31(29,30)27(12-14-1-4-16(23)11-20(14)24)13-21(28)26-18-7-5-17(25)6-8-18/h1-11H,12-13H2,(H,26,28). The Labute approximate surface area is 213 Å². The van der Waals surface area contributed by atoms with Crippen LogP contribution < -0.4 is 5.32 Å². The van der Waals surface area contributed by atoms with Crippen LogP contribution in [0.4, 0.5) is 5.69 Å². The average Bonchev–Trinajstić information content (AvgIpc) is 2.71. The smallest absolute Gasteiger partial charge is 0.243 e. The molecule has 0 atom stereocenters. The van der Waals surface area contributed by atoms with E-state index in [1.165, 1.54) is 18.2 Å². The lowest BCUT2D eigenvalue weighted by molar-refractivity contribution is -0.116. The van der Waals surface area contributed by atoms with Gasteiger partial charge in [0.25, 0.3) is 0 Å². The molecule has 1 amide bonds. The zero-order valence-corrected chi connectivity index (χ0v) is 21.9. The summed E-state index contributed by atoms with van der Waals surface area (Å²) in [6.07, 6.45) is 0. The summed E-state index contributed by atoms with van der Waals surface area (Å²) in [6.45, 7) is -0.474. The molecule has 162 valence electrons. The molecule has 0 saturated carbocycles. The topological polar surface area (TPSA) is 66.5 Å². The van der Waals surface area contributed by atoms with Crippen LogP contribution in [0.5, 0.6) is 0 Å².